The molecule has 0 spiro atoms. The van der Waals surface area contributed by atoms with Crippen molar-refractivity contribution in [3.05, 3.63) is 35.4 Å². The zero-order valence-corrected chi connectivity index (χ0v) is 12.3. The van der Waals surface area contributed by atoms with Gasteiger partial charge in [0.15, 0.2) is 0 Å². The van der Waals surface area contributed by atoms with Crippen molar-refractivity contribution >= 4 is 17.5 Å². The summed E-state index contributed by atoms with van der Waals surface area (Å²) >= 11 is 0. The van der Waals surface area contributed by atoms with Crippen LogP contribution >= 0.6 is 0 Å². The Morgan fingerprint density at radius 3 is 2.75 bits per heavy atom. The van der Waals surface area contributed by atoms with Crippen molar-refractivity contribution in [3.63, 3.8) is 0 Å². The van der Waals surface area contributed by atoms with Crippen molar-refractivity contribution in [2.75, 3.05) is 6.61 Å². The van der Waals surface area contributed by atoms with Gasteiger partial charge in [-0.3, -0.25) is 4.99 Å². The molecule has 0 fully saturated rings. The van der Waals surface area contributed by atoms with Crippen LogP contribution in [0, 0.1) is 11.3 Å². The van der Waals surface area contributed by atoms with Crippen LogP contribution in [0.4, 0.5) is 5.69 Å². The molecule has 0 saturated heterocycles. The van der Waals surface area contributed by atoms with Gasteiger partial charge in [0.1, 0.15) is 0 Å². The van der Waals surface area contributed by atoms with Gasteiger partial charge in [-0.15, -0.1) is 0 Å². The highest BCUT2D eigenvalue weighted by Gasteiger charge is 2.11. The smallest absolute Gasteiger partial charge is 0.0998 e. The summed E-state index contributed by atoms with van der Waals surface area (Å²) in [5.41, 5.74) is 4.30. The molecule has 0 bridgehead atoms. The number of allylic oxidation sites excluding steroid dienone is 1. The largest absolute Gasteiger partial charge is 0.391 e. The Morgan fingerprint density at radius 1 is 1.45 bits per heavy atom. The van der Waals surface area contributed by atoms with Crippen LogP contribution < -0.4 is 0 Å². The highest BCUT2D eigenvalue weighted by atomic mass is 16.2. The van der Waals surface area contributed by atoms with Gasteiger partial charge < -0.3 is 5.11 Å². The SMILES string of the molecule is C=C(C)c1c(C#N)cc(N=CCO)cc1CCCCC. The lowest BCUT2D eigenvalue weighted by Crippen LogP contribution is -1.97. The van der Waals surface area contributed by atoms with Crippen LogP contribution in [0.15, 0.2) is 23.7 Å². The summed E-state index contributed by atoms with van der Waals surface area (Å²) in [5, 5.41) is 18.1. The Balaban J connectivity index is 3.23. The van der Waals surface area contributed by atoms with E-state index in [1.807, 2.05) is 13.0 Å². The third-order valence-electron chi connectivity index (χ3n) is 3.12. The average Bonchev–Trinajstić information content (AvgIpc) is 2.44. The van der Waals surface area contributed by atoms with Gasteiger partial charge in [0, 0.05) is 6.21 Å². The maximum absolute atomic E-state index is 9.32. The molecule has 1 aromatic rings. The van der Waals surface area contributed by atoms with Crippen LogP contribution in [0.1, 0.15) is 49.8 Å². The van der Waals surface area contributed by atoms with Gasteiger partial charge >= 0.3 is 0 Å². The third-order valence-corrected chi connectivity index (χ3v) is 3.12. The van der Waals surface area contributed by atoms with Crippen molar-refractivity contribution in [1.82, 2.24) is 0 Å². The highest BCUT2D eigenvalue weighted by molar-refractivity contribution is 5.74. The molecule has 0 aromatic heterocycles. The predicted molar refractivity (Wildman–Crippen MR) is 84.3 cm³/mol. The van der Waals surface area contributed by atoms with E-state index in [2.05, 4.69) is 24.6 Å². The quantitative estimate of drug-likeness (QED) is 0.601. The van der Waals surface area contributed by atoms with Crippen LogP contribution in [0.3, 0.4) is 0 Å². The molecule has 0 unspecified atom stereocenters. The van der Waals surface area contributed by atoms with Crippen molar-refractivity contribution < 1.29 is 5.11 Å². The predicted octanol–water partition coefficient (Wildman–Crippen LogP) is 4.02. The molecule has 0 aliphatic carbocycles. The number of nitrogens with zero attached hydrogens (tertiary/aromatic N) is 2. The van der Waals surface area contributed by atoms with Crippen LogP contribution in [0.5, 0.6) is 0 Å². The Bertz CT molecular complexity index is 539. The number of aliphatic hydroxyl groups is 1. The molecule has 0 heterocycles. The fourth-order valence-electron chi connectivity index (χ4n) is 2.26. The molecular formula is C17H22N2O. The number of rotatable bonds is 7. The summed E-state index contributed by atoms with van der Waals surface area (Å²) in [7, 11) is 0. The van der Waals surface area contributed by atoms with E-state index in [0.29, 0.717) is 11.3 Å². The minimum absolute atomic E-state index is 0.102. The minimum Gasteiger partial charge on any atom is -0.391 e. The van der Waals surface area contributed by atoms with Crippen molar-refractivity contribution in [1.29, 1.82) is 5.26 Å². The maximum Gasteiger partial charge on any atom is 0.0998 e. The number of nitriles is 1. The Morgan fingerprint density at radius 2 is 2.20 bits per heavy atom. The molecular weight excluding hydrogens is 248 g/mol. The zero-order chi connectivity index (χ0) is 15.0. The molecule has 106 valence electrons. The summed E-state index contributed by atoms with van der Waals surface area (Å²) in [6.45, 7) is 7.98. The lowest BCUT2D eigenvalue weighted by atomic mass is 9.92. The maximum atomic E-state index is 9.32. The average molecular weight is 270 g/mol. The first-order chi connectivity index (χ1) is 9.63. The summed E-state index contributed by atoms with van der Waals surface area (Å²) in [4.78, 5) is 4.17. The zero-order valence-electron chi connectivity index (χ0n) is 12.3. The first kappa shape index (κ1) is 16.1. The van der Waals surface area contributed by atoms with E-state index in [1.165, 1.54) is 12.6 Å². The number of benzene rings is 1. The fraction of sp³-hybridized carbons (Fsp3) is 0.412. The van der Waals surface area contributed by atoms with E-state index in [9.17, 15) is 5.26 Å². The number of aliphatic imine (C=N–C) groups is 1. The molecule has 1 rings (SSSR count). The van der Waals surface area contributed by atoms with Crippen molar-refractivity contribution in [2.45, 2.75) is 39.5 Å². The van der Waals surface area contributed by atoms with E-state index >= 15 is 0 Å². The normalized spacial score (nSPS) is 10.7. The van der Waals surface area contributed by atoms with E-state index in [-0.39, 0.29) is 6.61 Å². The number of hydrogen-bond acceptors (Lipinski definition) is 3. The molecule has 1 N–H and O–H groups in total. The van der Waals surface area contributed by atoms with Gasteiger partial charge in [0.2, 0.25) is 0 Å². The second-order valence-electron chi connectivity index (χ2n) is 4.87. The minimum atomic E-state index is -0.102. The molecule has 0 aliphatic heterocycles. The number of aliphatic hydroxyl groups excluding tert-OH is 1. The molecule has 0 radical (unpaired) electrons. The molecule has 20 heavy (non-hydrogen) atoms. The first-order valence-electron chi connectivity index (χ1n) is 7.00. The highest BCUT2D eigenvalue weighted by Crippen LogP contribution is 2.28. The van der Waals surface area contributed by atoms with E-state index in [0.717, 1.165) is 36.0 Å². The molecule has 0 amide bonds. The summed E-state index contributed by atoms with van der Waals surface area (Å²) < 4.78 is 0. The lowest BCUT2D eigenvalue weighted by Gasteiger charge is -2.12. The Kier molecular flexibility index (Phi) is 6.69. The second-order valence-corrected chi connectivity index (χ2v) is 4.87. The summed E-state index contributed by atoms with van der Waals surface area (Å²) in [5.74, 6) is 0. The van der Waals surface area contributed by atoms with Crippen LogP contribution in [0.2, 0.25) is 0 Å². The number of hydrogen-bond donors (Lipinski definition) is 1. The molecule has 1 aromatic carbocycles. The third kappa shape index (κ3) is 4.32. The Labute approximate surface area is 121 Å². The van der Waals surface area contributed by atoms with E-state index in [4.69, 9.17) is 5.11 Å². The van der Waals surface area contributed by atoms with Crippen LogP contribution in [-0.2, 0) is 6.42 Å². The number of aryl methyl sites for hydroxylation is 1. The van der Waals surface area contributed by atoms with Crippen LogP contribution in [0.25, 0.3) is 5.57 Å². The van der Waals surface area contributed by atoms with Gasteiger partial charge in [0.25, 0.3) is 0 Å². The Hall–Kier alpha value is -1.92. The van der Waals surface area contributed by atoms with Gasteiger partial charge in [-0.2, -0.15) is 5.26 Å². The molecule has 0 aliphatic rings. The van der Waals surface area contributed by atoms with Gasteiger partial charge in [-0.25, -0.2) is 0 Å². The molecule has 0 atom stereocenters. The molecule has 3 heteroatoms. The van der Waals surface area contributed by atoms with E-state index < -0.39 is 0 Å². The van der Waals surface area contributed by atoms with Crippen LogP contribution in [-0.4, -0.2) is 17.9 Å². The fourth-order valence-corrected chi connectivity index (χ4v) is 2.26. The summed E-state index contributed by atoms with van der Waals surface area (Å²) in [6.07, 6.45) is 5.78. The number of unbranched alkanes of at least 4 members (excludes halogenated alkanes) is 2. The summed E-state index contributed by atoms with van der Waals surface area (Å²) in [6, 6.07) is 5.97. The topological polar surface area (TPSA) is 56.4 Å². The van der Waals surface area contributed by atoms with Crippen molar-refractivity contribution in [3.8, 4) is 6.07 Å². The molecule has 3 nitrogen and oxygen atoms in total. The second kappa shape index (κ2) is 8.29. The standard InChI is InChI=1S/C17H22N2O/c1-4-5-6-7-14-10-16(19-8-9-20)11-15(12-18)17(14)13(2)3/h8,10-11,20H,2,4-7,9H2,1,3H3. The molecule has 0 saturated carbocycles. The van der Waals surface area contributed by atoms with E-state index in [1.54, 1.807) is 6.07 Å². The van der Waals surface area contributed by atoms with Crippen molar-refractivity contribution in [2.24, 2.45) is 4.99 Å². The van der Waals surface area contributed by atoms with Gasteiger partial charge in [-0.05, 0) is 48.6 Å². The monoisotopic (exact) mass is 270 g/mol. The van der Waals surface area contributed by atoms with Gasteiger partial charge in [0.05, 0.1) is 23.9 Å². The first-order valence-corrected chi connectivity index (χ1v) is 7.00. The lowest BCUT2D eigenvalue weighted by molar-refractivity contribution is 0.361. The van der Waals surface area contributed by atoms with Gasteiger partial charge in [-0.1, -0.05) is 26.3 Å².